The molecule has 20 heavy (non-hydrogen) atoms. The summed E-state index contributed by atoms with van der Waals surface area (Å²) in [5.74, 6) is 0.0850. The number of carbonyl (C=O) groups excluding carboxylic acids is 1. The first-order chi connectivity index (χ1) is 9.43. The molecule has 112 valence electrons. The van der Waals surface area contributed by atoms with E-state index < -0.39 is 6.10 Å². The van der Waals surface area contributed by atoms with Crippen LogP contribution in [-0.4, -0.2) is 18.7 Å². The second-order valence-electron chi connectivity index (χ2n) is 5.66. The molecular formula is C17H26O3. The van der Waals surface area contributed by atoms with Crippen LogP contribution in [0.15, 0.2) is 18.2 Å². The summed E-state index contributed by atoms with van der Waals surface area (Å²) < 4.78 is 10.9. The monoisotopic (exact) mass is 278 g/mol. The van der Waals surface area contributed by atoms with E-state index in [1.807, 2.05) is 20.8 Å². The van der Waals surface area contributed by atoms with Crippen molar-refractivity contribution in [3.63, 3.8) is 0 Å². The number of carbonyl (C=O) groups is 1. The highest BCUT2D eigenvalue weighted by Gasteiger charge is 2.19. The van der Waals surface area contributed by atoms with E-state index in [4.69, 9.17) is 9.47 Å². The number of esters is 1. The maximum atomic E-state index is 11.9. The standard InChI is InChI=1S/C17H26O3/c1-6-16(17(18)20-10-12(2)3)19-11-15-8-7-13(4)9-14(15)5/h7-9,12,16H,6,10-11H2,1-5H3. The van der Waals surface area contributed by atoms with E-state index >= 15 is 0 Å². The summed E-state index contributed by atoms with van der Waals surface area (Å²) in [7, 11) is 0. The van der Waals surface area contributed by atoms with E-state index in [1.54, 1.807) is 0 Å². The molecule has 0 saturated carbocycles. The summed E-state index contributed by atoms with van der Waals surface area (Å²) in [6.45, 7) is 11.0. The van der Waals surface area contributed by atoms with E-state index in [-0.39, 0.29) is 5.97 Å². The summed E-state index contributed by atoms with van der Waals surface area (Å²) in [4.78, 5) is 11.9. The van der Waals surface area contributed by atoms with Crippen LogP contribution in [0.1, 0.15) is 43.9 Å². The molecule has 1 rings (SSSR count). The van der Waals surface area contributed by atoms with Gasteiger partial charge in [0, 0.05) is 0 Å². The number of hydrogen-bond donors (Lipinski definition) is 0. The molecular weight excluding hydrogens is 252 g/mol. The number of rotatable bonds is 7. The first-order valence-corrected chi connectivity index (χ1v) is 7.28. The lowest BCUT2D eigenvalue weighted by molar-refractivity contribution is -0.159. The molecule has 0 bridgehead atoms. The second-order valence-corrected chi connectivity index (χ2v) is 5.66. The molecule has 1 unspecified atom stereocenters. The predicted molar refractivity (Wildman–Crippen MR) is 80.6 cm³/mol. The molecule has 3 heteroatoms. The molecule has 0 fully saturated rings. The fraction of sp³-hybridized carbons (Fsp3) is 0.588. The lowest BCUT2D eigenvalue weighted by atomic mass is 10.1. The first-order valence-electron chi connectivity index (χ1n) is 7.28. The molecule has 1 aromatic carbocycles. The predicted octanol–water partition coefficient (Wildman–Crippen LogP) is 3.80. The minimum atomic E-state index is -0.477. The highest BCUT2D eigenvalue weighted by Crippen LogP contribution is 2.14. The third kappa shape index (κ3) is 5.33. The first kappa shape index (κ1) is 16.7. The van der Waals surface area contributed by atoms with Crippen LogP contribution in [0.3, 0.4) is 0 Å². The maximum absolute atomic E-state index is 11.9. The Morgan fingerprint density at radius 1 is 1.25 bits per heavy atom. The average Bonchev–Trinajstić information content (AvgIpc) is 2.39. The molecule has 0 aromatic heterocycles. The molecule has 0 radical (unpaired) electrons. The van der Waals surface area contributed by atoms with E-state index in [1.165, 1.54) is 11.1 Å². The number of benzene rings is 1. The zero-order valence-corrected chi connectivity index (χ0v) is 13.2. The quantitative estimate of drug-likeness (QED) is 0.712. The maximum Gasteiger partial charge on any atom is 0.335 e. The van der Waals surface area contributed by atoms with Crippen molar-refractivity contribution in [1.82, 2.24) is 0 Å². The molecule has 0 aliphatic heterocycles. The Kier molecular flexibility index (Phi) is 6.73. The Morgan fingerprint density at radius 3 is 2.50 bits per heavy atom. The molecule has 0 N–H and O–H groups in total. The largest absolute Gasteiger partial charge is 0.463 e. The minimum absolute atomic E-state index is 0.258. The van der Waals surface area contributed by atoms with Crippen molar-refractivity contribution in [1.29, 1.82) is 0 Å². The summed E-state index contributed by atoms with van der Waals surface area (Å²) in [6.07, 6.45) is 0.149. The number of ether oxygens (including phenoxy) is 2. The zero-order valence-electron chi connectivity index (χ0n) is 13.2. The average molecular weight is 278 g/mol. The van der Waals surface area contributed by atoms with Gasteiger partial charge in [0.15, 0.2) is 6.10 Å². The van der Waals surface area contributed by atoms with Crippen molar-refractivity contribution < 1.29 is 14.3 Å². The Hall–Kier alpha value is -1.35. The lowest BCUT2D eigenvalue weighted by Gasteiger charge is -2.17. The van der Waals surface area contributed by atoms with Crippen molar-refractivity contribution >= 4 is 5.97 Å². The summed E-state index contributed by atoms with van der Waals surface area (Å²) in [5.41, 5.74) is 3.54. The molecule has 0 aliphatic rings. The number of hydrogen-bond acceptors (Lipinski definition) is 3. The van der Waals surface area contributed by atoms with Crippen molar-refractivity contribution in [3.05, 3.63) is 34.9 Å². The van der Waals surface area contributed by atoms with Crippen molar-refractivity contribution in [2.24, 2.45) is 5.92 Å². The van der Waals surface area contributed by atoms with E-state index in [9.17, 15) is 4.79 Å². The van der Waals surface area contributed by atoms with Gasteiger partial charge in [-0.25, -0.2) is 4.79 Å². The smallest absolute Gasteiger partial charge is 0.335 e. The molecule has 1 atom stereocenters. The van der Waals surface area contributed by atoms with E-state index in [2.05, 4.69) is 32.0 Å². The Morgan fingerprint density at radius 2 is 1.95 bits per heavy atom. The van der Waals surface area contributed by atoms with Gasteiger partial charge in [0.25, 0.3) is 0 Å². The van der Waals surface area contributed by atoms with Crippen LogP contribution < -0.4 is 0 Å². The highest BCUT2D eigenvalue weighted by molar-refractivity contribution is 5.74. The fourth-order valence-corrected chi connectivity index (χ4v) is 1.89. The van der Waals surface area contributed by atoms with Crippen LogP contribution in [0, 0.1) is 19.8 Å². The Labute approximate surface area is 122 Å². The van der Waals surface area contributed by atoms with Crippen LogP contribution in [0.25, 0.3) is 0 Å². The molecule has 0 amide bonds. The minimum Gasteiger partial charge on any atom is -0.463 e. The zero-order chi connectivity index (χ0) is 15.1. The third-order valence-corrected chi connectivity index (χ3v) is 3.13. The molecule has 0 heterocycles. The third-order valence-electron chi connectivity index (χ3n) is 3.13. The van der Waals surface area contributed by atoms with Crippen LogP contribution in [-0.2, 0) is 20.9 Å². The fourth-order valence-electron chi connectivity index (χ4n) is 1.89. The van der Waals surface area contributed by atoms with Crippen molar-refractivity contribution in [2.75, 3.05) is 6.61 Å². The molecule has 3 nitrogen and oxygen atoms in total. The van der Waals surface area contributed by atoms with Gasteiger partial charge in [0.2, 0.25) is 0 Å². The van der Waals surface area contributed by atoms with Gasteiger partial charge >= 0.3 is 5.97 Å². The van der Waals surface area contributed by atoms with Crippen LogP contribution in [0.4, 0.5) is 0 Å². The van der Waals surface area contributed by atoms with Crippen molar-refractivity contribution in [2.45, 2.75) is 53.8 Å². The van der Waals surface area contributed by atoms with Gasteiger partial charge in [0.1, 0.15) is 0 Å². The second kappa shape index (κ2) is 8.05. The van der Waals surface area contributed by atoms with Gasteiger partial charge in [-0.2, -0.15) is 0 Å². The Balaban J connectivity index is 2.54. The molecule has 0 saturated heterocycles. The lowest BCUT2D eigenvalue weighted by Crippen LogP contribution is -2.27. The summed E-state index contributed by atoms with van der Waals surface area (Å²) >= 11 is 0. The van der Waals surface area contributed by atoms with Crippen molar-refractivity contribution in [3.8, 4) is 0 Å². The van der Waals surface area contributed by atoms with Gasteiger partial charge < -0.3 is 9.47 Å². The van der Waals surface area contributed by atoms with Gasteiger partial charge in [0.05, 0.1) is 13.2 Å². The summed E-state index contributed by atoms with van der Waals surface area (Å²) in [6, 6.07) is 6.23. The normalized spacial score (nSPS) is 12.5. The SMILES string of the molecule is CCC(OCc1ccc(C)cc1C)C(=O)OCC(C)C. The van der Waals surface area contributed by atoms with Crippen LogP contribution in [0.5, 0.6) is 0 Å². The van der Waals surface area contributed by atoms with Crippen LogP contribution >= 0.6 is 0 Å². The highest BCUT2D eigenvalue weighted by atomic mass is 16.6. The van der Waals surface area contributed by atoms with Gasteiger partial charge in [-0.1, -0.05) is 44.5 Å². The number of aryl methyl sites for hydroxylation is 2. The van der Waals surface area contributed by atoms with Gasteiger partial charge in [-0.15, -0.1) is 0 Å². The van der Waals surface area contributed by atoms with E-state index in [0.29, 0.717) is 25.6 Å². The molecule has 1 aromatic rings. The van der Waals surface area contributed by atoms with Crippen LogP contribution in [0.2, 0.25) is 0 Å². The van der Waals surface area contributed by atoms with Gasteiger partial charge in [-0.3, -0.25) is 0 Å². The summed E-state index contributed by atoms with van der Waals surface area (Å²) in [5, 5.41) is 0. The molecule has 0 aliphatic carbocycles. The Bertz CT molecular complexity index is 438. The van der Waals surface area contributed by atoms with Gasteiger partial charge in [-0.05, 0) is 37.3 Å². The topological polar surface area (TPSA) is 35.5 Å². The molecule has 0 spiro atoms. The van der Waals surface area contributed by atoms with E-state index in [0.717, 1.165) is 5.56 Å².